The van der Waals surface area contributed by atoms with Crippen molar-refractivity contribution in [3.05, 3.63) is 33.9 Å². The zero-order valence-electron chi connectivity index (χ0n) is 11.0. The fourth-order valence-electron chi connectivity index (χ4n) is 2.48. The predicted molar refractivity (Wildman–Crippen MR) is 72.9 cm³/mol. The number of rotatable bonds is 5. The highest BCUT2D eigenvalue weighted by atomic mass is 16.6. The van der Waals surface area contributed by atoms with E-state index < -0.39 is 0 Å². The van der Waals surface area contributed by atoms with Crippen molar-refractivity contribution < 1.29 is 4.92 Å². The lowest BCUT2D eigenvalue weighted by molar-refractivity contribution is -0.384. The van der Waals surface area contributed by atoms with Gasteiger partial charge < -0.3 is 5.32 Å². The molecular formula is C14H20N2O2. The molecule has 0 spiro atoms. The van der Waals surface area contributed by atoms with E-state index in [2.05, 4.69) is 12.2 Å². The molecule has 0 aliphatic heterocycles. The molecule has 4 nitrogen and oxygen atoms in total. The highest BCUT2D eigenvalue weighted by Gasteiger charge is 2.21. The van der Waals surface area contributed by atoms with Crippen molar-refractivity contribution >= 4 is 11.4 Å². The first-order valence-corrected chi connectivity index (χ1v) is 6.58. The first kappa shape index (κ1) is 12.9. The molecule has 0 bridgehead atoms. The summed E-state index contributed by atoms with van der Waals surface area (Å²) in [5, 5.41) is 14.3. The second kappa shape index (κ2) is 5.38. The van der Waals surface area contributed by atoms with E-state index in [1.54, 1.807) is 12.1 Å². The van der Waals surface area contributed by atoms with Gasteiger partial charge in [0.2, 0.25) is 0 Å². The van der Waals surface area contributed by atoms with Crippen molar-refractivity contribution in [3.63, 3.8) is 0 Å². The molecule has 1 unspecified atom stereocenters. The molecule has 4 heteroatoms. The topological polar surface area (TPSA) is 55.2 Å². The Labute approximate surface area is 108 Å². The maximum absolute atomic E-state index is 11.0. The number of anilines is 1. The molecule has 0 aromatic heterocycles. The number of nitrogens with zero attached hydrogens (tertiary/aromatic N) is 1. The first-order chi connectivity index (χ1) is 8.56. The summed E-state index contributed by atoms with van der Waals surface area (Å²) in [4.78, 5) is 10.6. The smallest absolute Gasteiger partial charge is 0.292 e. The quantitative estimate of drug-likeness (QED) is 0.635. The molecule has 98 valence electrons. The maximum atomic E-state index is 11.0. The molecule has 1 aromatic carbocycles. The van der Waals surface area contributed by atoms with Gasteiger partial charge in [-0.3, -0.25) is 10.1 Å². The monoisotopic (exact) mass is 248 g/mol. The minimum Gasteiger partial charge on any atom is -0.377 e. The maximum Gasteiger partial charge on any atom is 0.292 e. The minimum absolute atomic E-state index is 0.168. The highest BCUT2D eigenvalue weighted by Crippen LogP contribution is 2.32. The summed E-state index contributed by atoms with van der Waals surface area (Å²) in [7, 11) is 0. The lowest BCUT2D eigenvalue weighted by Crippen LogP contribution is -2.23. The SMILES string of the molecule is Cc1ccc([N+](=O)[O-])c(NC(C)CC2CCC2)c1. The summed E-state index contributed by atoms with van der Waals surface area (Å²) in [5.41, 5.74) is 1.85. The van der Waals surface area contributed by atoms with Gasteiger partial charge in [-0.15, -0.1) is 0 Å². The van der Waals surface area contributed by atoms with Crippen LogP contribution in [0, 0.1) is 23.0 Å². The largest absolute Gasteiger partial charge is 0.377 e. The second-order valence-electron chi connectivity index (χ2n) is 5.36. The van der Waals surface area contributed by atoms with Gasteiger partial charge in [0.1, 0.15) is 5.69 Å². The Morgan fingerprint density at radius 1 is 1.50 bits per heavy atom. The standard InChI is InChI=1S/C14H20N2O2/c1-10-6-7-14(16(17)18)13(8-10)15-11(2)9-12-4-3-5-12/h6-8,11-12,15H,3-5,9H2,1-2H3. The molecule has 2 rings (SSSR count). The molecule has 0 heterocycles. The van der Waals surface area contributed by atoms with Gasteiger partial charge >= 0.3 is 0 Å². The van der Waals surface area contributed by atoms with Crippen LogP contribution in [0.3, 0.4) is 0 Å². The lowest BCUT2D eigenvalue weighted by atomic mass is 9.81. The van der Waals surface area contributed by atoms with Crippen LogP contribution in [0.15, 0.2) is 18.2 Å². The van der Waals surface area contributed by atoms with Crippen LogP contribution in [-0.4, -0.2) is 11.0 Å². The minimum atomic E-state index is -0.322. The Morgan fingerprint density at radius 3 is 2.78 bits per heavy atom. The van der Waals surface area contributed by atoms with Gasteiger partial charge in [0, 0.05) is 12.1 Å². The first-order valence-electron chi connectivity index (χ1n) is 6.58. The number of hydrogen-bond acceptors (Lipinski definition) is 3. The van der Waals surface area contributed by atoms with Crippen LogP contribution in [0.25, 0.3) is 0 Å². The molecule has 0 saturated heterocycles. The van der Waals surface area contributed by atoms with Gasteiger partial charge in [0.15, 0.2) is 0 Å². The lowest BCUT2D eigenvalue weighted by Gasteiger charge is -2.28. The van der Waals surface area contributed by atoms with Crippen LogP contribution < -0.4 is 5.32 Å². The van der Waals surface area contributed by atoms with Crippen LogP contribution in [0.5, 0.6) is 0 Å². The number of nitro benzene ring substituents is 1. The molecular weight excluding hydrogens is 228 g/mol. The van der Waals surface area contributed by atoms with Crippen LogP contribution in [0.2, 0.25) is 0 Å². The van der Waals surface area contributed by atoms with Crippen molar-refractivity contribution in [2.24, 2.45) is 5.92 Å². The van der Waals surface area contributed by atoms with Gasteiger partial charge in [0.05, 0.1) is 4.92 Å². The fourth-order valence-corrected chi connectivity index (χ4v) is 2.48. The van der Waals surface area contributed by atoms with E-state index in [4.69, 9.17) is 0 Å². The van der Waals surface area contributed by atoms with E-state index in [9.17, 15) is 10.1 Å². The second-order valence-corrected chi connectivity index (χ2v) is 5.36. The van der Waals surface area contributed by atoms with Crippen LogP contribution in [-0.2, 0) is 0 Å². The third-order valence-corrected chi connectivity index (χ3v) is 3.66. The summed E-state index contributed by atoms with van der Waals surface area (Å²) in [6.45, 7) is 4.05. The Morgan fingerprint density at radius 2 is 2.22 bits per heavy atom. The molecule has 1 fully saturated rings. The van der Waals surface area contributed by atoms with Crippen molar-refractivity contribution in [3.8, 4) is 0 Å². The summed E-state index contributed by atoms with van der Waals surface area (Å²) in [5.74, 6) is 0.802. The van der Waals surface area contributed by atoms with Gasteiger partial charge in [-0.1, -0.05) is 25.3 Å². The molecule has 1 atom stereocenters. The summed E-state index contributed by atoms with van der Waals surface area (Å²) in [6.07, 6.45) is 5.05. The molecule has 0 radical (unpaired) electrons. The van der Waals surface area contributed by atoms with E-state index in [-0.39, 0.29) is 16.7 Å². The number of benzene rings is 1. The third kappa shape index (κ3) is 3.00. The van der Waals surface area contributed by atoms with Crippen LogP contribution in [0.4, 0.5) is 11.4 Å². The van der Waals surface area contributed by atoms with Gasteiger partial charge in [-0.25, -0.2) is 0 Å². The Balaban J connectivity index is 2.06. The van der Waals surface area contributed by atoms with E-state index in [1.807, 2.05) is 13.0 Å². The van der Waals surface area contributed by atoms with Gasteiger partial charge in [-0.05, 0) is 37.8 Å². The third-order valence-electron chi connectivity index (χ3n) is 3.66. The normalized spacial score (nSPS) is 17.0. The fraction of sp³-hybridized carbons (Fsp3) is 0.571. The van der Waals surface area contributed by atoms with Gasteiger partial charge in [0.25, 0.3) is 5.69 Å². The van der Waals surface area contributed by atoms with Crippen LogP contribution in [0.1, 0.15) is 38.2 Å². The number of nitrogens with one attached hydrogen (secondary N) is 1. The Bertz CT molecular complexity index is 441. The number of nitro groups is 1. The molecule has 1 aliphatic carbocycles. The number of aryl methyl sites for hydroxylation is 1. The number of hydrogen-bond donors (Lipinski definition) is 1. The predicted octanol–water partition coefficient (Wildman–Crippen LogP) is 3.89. The van der Waals surface area contributed by atoms with Crippen molar-refractivity contribution in [1.82, 2.24) is 0 Å². The summed E-state index contributed by atoms with van der Waals surface area (Å²) < 4.78 is 0. The highest BCUT2D eigenvalue weighted by molar-refractivity contribution is 5.63. The van der Waals surface area contributed by atoms with Crippen LogP contribution >= 0.6 is 0 Å². The molecule has 1 aromatic rings. The Kier molecular flexibility index (Phi) is 3.84. The molecule has 18 heavy (non-hydrogen) atoms. The zero-order valence-corrected chi connectivity index (χ0v) is 11.0. The summed E-state index contributed by atoms with van der Waals surface area (Å²) in [6, 6.07) is 5.50. The summed E-state index contributed by atoms with van der Waals surface area (Å²) >= 11 is 0. The van der Waals surface area contributed by atoms with Crippen molar-refractivity contribution in [1.29, 1.82) is 0 Å². The Hall–Kier alpha value is -1.58. The van der Waals surface area contributed by atoms with Gasteiger partial charge in [-0.2, -0.15) is 0 Å². The molecule has 0 amide bonds. The van der Waals surface area contributed by atoms with E-state index in [0.29, 0.717) is 5.69 Å². The molecule has 1 aliphatic rings. The molecule has 1 N–H and O–H groups in total. The van der Waals surface area contributed by atoms with Crippen molar-refractivity contribution in [2.75, 3.05) is 5.32 Å². The van der Waals surface area contributed by atoms with E-state index in [1.165, 1.54) is 19.3 Å². The average Bonchev–Trinajstić information content (AvgIpc) is 2.23. The average molecular weight is 248 g/mol. The van der Waals surface area contributed by atoms with Crippen molar-refractivity contribution in [2.45, 2.75) is 45.6 Å². The molecule has 1 saturated carbocycles. The van der Waals surface area contributed by atoms with E-state index in [0.717, 1.165) is 17.9 Å². The zero-order chi connectivity index (χ0) is 13.1. The van der Waals surface area contributed by atoms with E-state index >= 15 is 0 Å².